The van der Waals surface area contributed by atoms with Gasteiger partial charge in [-0.05, 0) is 44.4 Å². The number of hydrogen-bond donors (Lipinski definition) is 0. The Kier molecular flexibility index (Phi) is 5.74. The summed E-state index contributed by atoms with van der Waals surface area (Å²) in [6.07, 6.45) is 7.13. The van der Waals surface area contributed by atoms with E-state index in [2.05, 4.69) is 6.92 Å². The van der Waals surface area contributed by atoms with Crippen LogP contribution in [0.1, 0.15) is 51.9 Å². The Balaban J connectivity index is 2.08. The van der Waals surface area contributed by atoms with E-state index in [1.165, 1.54) is 0 Å². The Hall–Kier alpha value is 0.160. The van der Waals surface area contributed by atoms with Crippen molar-refractivity contribution in [1.82, 2.24) is 8.61 Å². The molecule has 0 radical (unpaired) electrons. The smallest absolute Gasteiger partial charge is 0.195 e. The molecule has 1 atom stereocenters. The first-order valence-electron chi connectivity index (χ1n) is 7.77. The summed E-state index contributed by atoms with van der Waals surface area (Å²) in [5.41, 5.74) is 0. The predicted octanol–water partition coefficient (Wildman–Crippen LogP) is 2.84. The van der Waals surface area contributed by atoms with Gasteiger partial charge < -0.3 is 0 Å². The molecule has 0 aromatic rings. The van der Waals surface area contributed by atoms with Crippen molar-refractivity contribution in [3.63, 3.8) is 0 Å². The van der Waals surface area contributed by atoms with E-state index in [0.717, 1.165) is 50.9 Å². The number of hydrogen-bond acceptors (Lipinski definition) is 2. The highest BCUT2D eigenvalue weighted by Gasteiger charge is 2.38. The van der Waals surface area contributed by atoms with E-state index in [4.69, 9.17) is 11.6 Å². The average molecular weight is 323 g/mol. The van der Waals surface area contributed by atoms with Crippen molar-refractivity contribution in [3.8, 4) is 0 Å². The minimum Gasteiger partial charge on any atom is -0.195 e. The van der Waals surface area contributed by atoms with E-state index < -0.39 is 10.2 Å². The van der Waals surface area contributed by atoms with Gasteiger partial charge in [-0.25, -0.2) is 0 Å². The fourth-order valence-electron chi connectivity index (χ4n) is 3.39. The minimum absolute atomic E-state index is 0.0274. The lowest BCUT2D eigenvalue weighted by molar-refractivity contribution is 0.209. The molecule has 0 amide bonds. The number of piperidine rings is 1. The molecule has 1 aliphatic carbocycles. The maximum atomic E-state index is 12.8. The molecule has 118 valence electrons. The lowest BCUT2D eigenvalue weighted by Gasteiger charge is -2.40. The molecule has 0 bridgehead atoms. The molecule has 0 N–H and O–H groups in total. The first kappa shape index (κ1) is 16.5. The van der Waals surface area contributed by atoms with Crippen LogP contribution in [-0.4, -0.2) is 48.6 Å². The van der Waals surface area contributed by atoms with Gasteiger partial charge in [-0.15, -0.1) is 11.6 Å². The summed E-state index contributed by atoms with van der Waals surface area (Å²) in [6, 6.07) is 0.134. The summed E-state index contributed by atoms with van der Waals surface area (Å²) < 4.78 is 28.9. The first-order valence-corrected chi connectivity index (χ1v) is 9.70. The highest BCUT2D eigenvalue weighted by atomic mass is 35.5. The number of halogens is 1. The van der Waals surface area contributed by atoms with Gasteiger partial charge in [-0.1, -0.05) is 13.3 Å². The van der Waals surface area contributed by atoms with Crippen LogP contribution < -0.4 is 0 Å². The molecule has 20 heavy (non-hydrogen) atoms. The quantitative estimate of drug-likeness (QED) is 0.747. The third-order valence-electron chi connectivity index (χ3n) is 4.91. The van der Waals surface area contributed by atoms with Crippen LogP contribution in [0, 0.1) is 5.92 Å². The zero-order valence-corrected chi connectivity index (χ0v) is 14.2. The molecule has 1 aliphatic heterocycles. The highest BCUT2D eigenvalue weighted by Crippen LogP contribution is 2.30. The van der Waals surface area contributed by atoms with Crippen LogP contribution in [0.25, 0.3) is 0 Å². The molecule has 2 aliphatic rings. The van der Waals surface area contributed by atoms with Gasteiger partial charge in [0.25, 0.3) is 10.2 Å². The topological polar surface area (TPSA) is 40.6 Å². The van der Waals surface area contributed by atoms with Gasteiger partial charge in [0.05, 0.1) is 0 Å². The lowest BCUT2D eigenvalue weighted by Crippen LogP contribution is -2.53. The molecule has 0 spiro atoms. The van der Waals surface area contributed by atoms with Crippen LogP contribution in [0.2, 0.25) is 0 Å². The Morgan fingerprint density at radius 3 is 2.40 bits per heavy atom. The van der Waals surface area contributed by atoms with E-state index in [9.17, 15) is 8.42 Å². The predicted molar refractivity (Wildman–Crippen MR) is 83.2 cm³/mol. The van der Waals surface area contributed by atoms with Crippen molar-refractivity contribution in [2.24, 2.45) is 5.92 Å². The van der Waals surface area contributed by atoms with Gasteiger partial charge >= 0.3 is 0 Å². The Morgan fingerprint density at radius 1 is 1.15 bits per heavy atom. The standard InChI is InChI=1S/C14H27ClN2O2S/c1-12-6-8-13(9-7-12)16(2)20(18,19)17-10-4-3-5-14(17)11-15/h12-14H,3-11H2,1-2H3. The highest BCUT2D eigenvalue weighted by molar-refractivity contribution is 7.86. The third kappa shape index (κ3) is 3.49. The van der Waals surface area contributed by atoms with Crippen molar-refractivity contribution in [2.45, 2.75) is 64.0 Å². The normalized spacial score (nSPS) is 33.5. The molecule has 0 aromatic carbocycles. The van der Waals surface area contributed by atoms with Crippen LogP contribution in [0.4, 0.5) is 0 Å². The summed E-state index contributed by atoms with van der Waals surface area (Å²) in [7, 11) is -1.61. The van der Waals surface area contributed by atoms with Gasteiger partial charge in [0, 0.05) is 31.6 Å². The van der Waals surface area contributed by atoms with Crippen LogP contribution in [0.3, 0.4) is 0 Å². The lowest BCUT2D eigenvalue weighted by atomic mass is 9.87. The summed E-state index contributed by atoms with van der Waals surface area (Å²) in [6.45, 7) is 2.87. The molecule has 2 fully saturated rings. The fraction of sp³-hybridized carbons (Fsp3) is 1.00. The van der Waals surface area contributed by atoms with Gasteiger partial charge in [0.15, 0.2) is 0 Å². The molecule has 1 saturated carbocycles. The Morgan fingerprint density at radius 2 is 1.80 bits per heavy atom. The van der Waals surface area contributed by atoms with Gasteiger partial charge in [-0.3, -0.25) is 0 Å². The SMILES string of the molecule is CC1CCC(N(C)S(=O)(=O)N2CCCCC2CCl)CC1. The van der Waals surface area contributed by atoms with Gasteiger partial charge in [0.2, 0.25) is 0 Å². The molecule has 4 nitrogen and oxygen atoms in total. The maximum absolute atomic E-state index is 12.8. The molecule has 1 heterocycles. The fourth-order valence-corrected chi connectivity index (χ4v) is 5.63. The molecule has 1 saturated heterocycles. The maximum Gasteiger partial charge on any atom is 0.282 e. The van der Waals surface area contributed by atoms with Crippen LogP contribution in [-0.2, 0) is 10.2 Å². The second-order valence-corrected chi connectivity index (χ2v) is 8.60. The molecule has 0 aromatic heterocycles. The Bertz CT molecular complexity index is 407. The Labute approximate surface area is 128 Å². The van der Waals surface area contributed by atoms with E-state index in [-0.39, 0.29) is 12.1 Å². The number of rotatable bonds is 4. The van der Waals surface area contributed by atoms with Gasteiger partial charge in [-0.2, -0.15) is 17.0 Å². The molecule has 6 heteroatoms. The molecule has 1 unspecified atom stereocenters. The van der Waals surface area contributed by atoms with Gasteiger partial charge in [0.1, 0.15) is 0 Å². The van der Waals surface area contributed by atoms with Crippen molar-refractivity contribution in [1.29, 1.82) is 0 Å². The molecular weight excluding hydrogens is 296 g/mol. The summed E-state index contributed by atoms with van der Waals surface area (Å²) >= 11 is 5.97. The van der Waals surface area contributed by atoms with E-state index in [0.29, 0.717) is 12.4 Å². The zero-order valence-electron chi connectivity index (χ0n) is 12.6. The van der Waals surface area contributed by atoms with Crippen LogP contribution in [0.5, 0.6) is 0 Å². The minimum atomic E-state index is -3.36. The van der Waals surface area contributed by atoms with E-state index in [1.54, 1.807) is 15.7 Å². The third-order valence-corrected chi connectivity index (χ3v) is 7.37. The van der Waals surface area contributed by atoms with Crippen LogP contribution >= 0.6 is 11.6 Å². The average Bonchev–Trinajstić information content (AvgIpc) is 2.47. The first-order chi connectivity index (χ1) is 9.46. The zero-order chi connectivity index (χ0) is 14.8. The molecular formula is C14H27ClN2O2S. The summed E-state index contributed by atoms with van der Waals surface area (Å²) in [4.78, 5) is 0. The van der Waals surface area contributed by atoms with Crippen molar-refractivity contribution in [3.05, 3.63) is 0 Å². The number of nitrogens with zero attached hydrogens (tertiary/aromatic N) is 2. The van der Waals surface area contributed by atoms with Crippen molar-refractivity contribution in [2.75, 3.05) is 19.5 Å². The molecule has 2 rings (SSSR count). The van der Waals surface area contributed by atoms with E-state index in [1.807, 2.05) is 0 Å². The van der Waals surface area contributed by atoms with Crippen LogP contribution in [0.15, 0.2) is 0 Å². The number of alkyl halides is 1. The second-order valence-electron chi connectivity index (χ2n) is 6.35. The summed E-state index contributed by atoms with van der Waals surface area (Å²) in [5, 5.41) is 0. The summed E-state index contributed by atoms with van der Waals surface area (Å²) in [5.74, 6) is 1.13. The van der Waals surface area contributed by atoms with Crippen molar-refractivity contribution >= 4 is 21.8 Å². The van der Waals surface area contributed by atoms with Crippen molar-refractivity contribution < 1.29 is 8.42 Å². The monoisotopic (exact) mass is 322 g/mol. The largest absolute Gasteiger partial charge is 0.282 e. The second kappa shape index (κ2) is 6.95. The van der Waals surface area contributed by atoms with E-state index >= 15 is 0 Å².